The Morgan fingerprint density at radius 3 is 2.58 bits per heavy atom. The van der Waals surface area contributed by atoms with E-state index >= 15 is 0 Å². The van der Waals surface area contributed by atoms with Crippen molar-refractivity contribution in [2.24, 2.45) is 0 Å². The van der Waals surface area contributed by atoms with Crippen molar-refractivity contribution in [2.45, 2.75) is 32.9 Å². The zero-order valence-electron chi connectivity index (χ0n) is 14.5. The first-order valence-corrected chi connectivity index (χ1v) is 8.58. The highest BCUT2D eigenvalue weighted by atomic mass is 19.1. The summed E-state index contributed by atoms with van der Waals surface area (Å²) in [7, 11) is 0. The third kappa shape index (κ3) is 5.05. The van der Waals surface area contributed by atoms with Crippen molar-refractivity contribution in [1.82, 2.24) is 5.32 Å². The summed E-state index contributed by atoms with van der Waals surface area (Å²) in [6, 6.07) is 15.1. The zero-order chi connectivity index (χ0) is 17.4. The second kappa shape index (κ2) is 9.40. The fourth-order valence-electron chi connectivity index (χ4n) is 2.84. The number of halogens is 1. The standard InChI is InChI=1S/C20H27FN2O/c1-3-11-22-16(2)19-14-18(21)9-10-20(19)23(12-13-24)15-17-7-5-4-6-8-17/h4-10,14,16,22,24H,3,11-13,15H2,1-2H3. The lowest BCUT2D eigenvalue weighted by molar-refractivity contribution is 0.301. The highest BCUT2D eigenvalue weighted by Gasteiger charge is 2.16. The minimum absolute atomic E-state index is 0.0487. The molecule has 2 rings (SSSR count). The normalized spacial score (nSPS) is 12.2. The predicted octanol–water partition coefficient (Wildman–Crippen LogP) is 3.89. The van der Waals surface area contributed by atoms with Gasteiger partial charge in [-0.1, -0.05) is 37.3 Å². The van der Waals surface area contributed by atoms with Gasteiger partial charge >= 0.3 is 0 Å². The molecule has 0 saturated carbocycles. The van der Waals surface area contributed by atoms with Gasteiger partial charge in [-0.15, -0.1) is 0 Å². The number of aliphatic hydroxyl groups excluding tert-OH is 1. The molecule has 0 aliphatic carbocycles. The lowest BCUT2D eigenvalue weighted by Crippen LogP contribution is -2.29. The second-order valence-corrected chi connectivity index (χ2v) is 6.01. The van der Waals surface area contributed by atoms with Crippen molar-refractivity contribution in [1.29, 1.82) is 0 Å². The maximum atomic E-state index is 13.8. The van der Waals surface area contributed by atoms with Crippen LogP contribution in [0.2, 0.25) is 0 Å². The Balaban J connectivity index is 2.31. The lowest BCUT2D eigenvalue weighted by atomic mass is 10.0. The topological polar surface area (TPSA) is 35.5 Å². The van der Waals surface area contributed by atoms with E-state index < -0.39 is 0 Å². The summed E-state index contributed by atoms with van der Waals surface area (Å²) in [5, 5.41) is 12.9. The Bertz CT molecular complexity index is 618. The summed E-state index contributed by atoms with van der Waals surface area (Å²) < 4.78 is 13.8. The number of nitrogens with zero attached hydrogens (tertiary/aromatic N) is 1. The highest BCUT2D eigenvalue weighted by molar-refractivity contribution is 5.55. The molecule has 1 unspecified atom stereocenters. The van der Waals surface area contributed by atoms with Gasteiger partial charge in [-0.05, 0) is 49.2 Å². The summed E-state index contributed by atoms with van der Waals surface area (Å²) in [5.74, 6) is -0.234. The van der Waals surface area contributed by atoms with Gasteiger partial charge < -0.3 is 15.3 Å². The average Bonchev–Trinajstić information content (AvgIpc) is 2.60. The van der Waals surface area contributed by atoms with Gasteiger partial charge in [0.15, 0.2) is 0 Å². The van der Waals surface area contributed by atoms with E-state index in [1.54, 1.807) is 6.07 Å². The number of aliphatic hydroxyl groups is 1. The Kier molecular flexibility index (Phi) is 7.22. The van der Waals surface area contributed by atoms with Crippen LogP contribution in [0.5, 0.6) is 0 Å². The van der Waals surface area contributed by atoms with E-state index in [0.29, 0.717) is 13.1 Å². The first-order valence-electron chi connectivity index (χ1n) is 8.58. The van der Waals surface area contributed by atoms with Gasteiger partial charge in [-0.25, -0.2) is 4.39 Å². The molecule has 0 aliphatic heterocycles. The molecule has 2 aromatic rings. The molecule has 0 heterocycles. The monoisotopic (exact) mass is 330 g/mol. The molecule has 0 amide bonds. The van der Waals surface area contributed by atoms with E-state index in [1.807, 2.05) is 31.2 Å². The number of benzene rings is 2. The molecule has 3 nitrogen and oxygen atoms in total. The molecule has 130 valence electrons. The van der Waals surface area contributed by atoms with Gasteiger partial charge in [-0.3, -0.25) is 0 Å². The van der Waals surface area contributed by atoms with Crippen molar-refractivity contribution in [3.05, 3.63) is 65.5 Å². The summed E-state index contributed by atoms with van der Waals surface area (Å²) in [6.07, 6.45) is 1.03. The van der Waals surface area contributed by atoms with Crippen molar-refractivity contribution in [3.63, 3.8) is 0 Å². The Labute approximate surface area is 144 Å². The van der Waals surface area contributed by atoms with E-state index in [-0.39, 0.29) is 18.5 Å². The molecule has 0 bridgehead atoms. The van der Waals surface area contributed by atoms with Crippen molar-refractivity contribution >= 4 is 5.69 Å². The number of anilines is 1. The number of hydrogen-bond donors (Lipinski definition) is 2. The van der Waals surface area contributed by atoms with Crippen molar-refractivity contribution in [2.75, 3.05) is 24.6 Å². The quantitative estimate of drug-likeness (QED) is 0.732. The van der Waals surface area contributed by atoms with Gasteiger partial charge in [0.1, 0.15) is 5.82 Å². The second-order valence-electron chi connectivity index (χ2n) is 6.01. The van der Waals surface area contributed by atoms with Gasteiger partial charge in [0, 0.05) is 24.8 Å². The van der Waals surface area contributed by atoms with Crippen molar-refractivity contribution in [3.8, 4) is 0 Å². The average molecular weight is 330 g/mol. The first-order chi connectivity index (χ1) is 11.7. The molecular weight excluding hydrogens is 303 g/mol. The third-order valence-corrected chi connectivity index (χ3v) is 4.08. The van der Waals surface area contributed by atoms with Gasteiger partial charge in [0.2, 0.25) is 0 Å². The molecule has 2 N–H and O–H groups in total. The fourth-order valence-corrected chi connectivity index (χ4v) is 2.84. The van der Waals surface area contributed by atoms with E-state index in [4.69, 9.17) is 0 Å². The van der Waals surface area contributed by atoms with Crippen LogP contribution in [-0.2, 0) is 6.54 Å². The van der Waals surface area contributed by atoms with Crippen LogP contribution in [0, 0.1) is 5.82 Å². The predicted molar refractivity (Wildman–Crippen MR) is 97.7 cm³/mol. The number of hydrogen-bond acceptors (Lipinski definition) is 3. The van der Waals surface area contributed by atoms with E-state index in [1.165, 1.54) is 6.07 Å². The smallest absolute Gasteiger partial charge is 0.123 e. The van der Waals surface area contributed by atoms with Crippen LogP contribution in [-0.4, -0.2) is 24.8 Å². The summed E-state index contributed by atoms with van der Waals surface area (Å²) >= 11 is 0. The molecule has 0 saturated heterocycles. The van der Waals surface area contributed by atoms with Crippen LogP contribution < -0.4 is 10.2 Å². The minimum atomic E-state index is -0.234. The molecule has 4 heteroatoms. The molecule has 2 aromatic carbocycles. The SMILES string of the molecule is CCCNC(C)c1cc(F)ccc1N(CCO)Cc1ccccc1. The maximum Gasteiger partial charge on any atom is 0.123 e. The molecular formula is C20H27FN2O. The van der Waals surface area contributed by atoms with Gasteiger partial charge in [0.05, 0.1) is 6.61 Å². The summed E-state index contributed by atoms with van der Waals surface area (Å²) in [5.41, 5.74) is 3.05. The highest BCUT2D eigenvalue weighted by Crippen LogP contribution is 2.28. The first kappa shape index (κ1) is 18.4. The van der Waals surface area contributed by atoms with Crippen LogP contribution in [0.3, 0.4) is 0 Å². The van der Waals surface area contributed by atoms with E-state index in [0.717, 1.165) is 29.8 Å². The van der Waals surface area contributed by atoms with Gasteiger partial charge in [0.25, 0.3) is 0 Å². The van der Waals surface area contributed by atoms with Crippen LogP contribution in [0.1, 0.15) is 37.4 Å². The van der Waals surface area contributed by atoms with Crippen LogP contribution in [0.4, 0.5) is 10.1 Å². The lowest BCUT2D eigenvalue weighted by Gasteiger charge is -2.29. The number of nitrogens with one attached hydrogen (secondary N) is 1. The van der Waals surface area contributed by atoms with Crippen LogP contribution >= 0.6 is 0 Å². The third-order valence-electron chi connectivity index (χ3n) is 4.08. The summed E-state index contributed by atoms with van der Waals surface area (Å²) in [4.78, 5) is 2.11. The van der Waals surface area contributed by atoms with Crippen LogP contribution in [0.15, 0.2) is 48.5 Å². The Morgan fingerprint density at radius 2 is 1.92 bits per heavy atom. The van der Waals surface area contributed by atoms with Gasteiger partial charge in [-0.2, -0.15) is 0 Å². The summed E-state index contributed by atoms with van der Waals surface area (Å²) in [6.45, 7) is 6.29. The van der Waals surface area contributed by atoms with E-state index in [2.05, 4.69) is 29.3 Å². The molecule has 0 aliphatic rings. The molecule has 24 heavy (non-hydrogen) atoms. The zero-order valence-corrected chi connectivity index (χ0v) is 14.5. The minimum Gasteiger partial charge on any atom is -0.395 e. The molecule has 0 fully saturated rings. The fraction of sp³-hybridized carbons (Fsp3) is 0.400. The number of rotatable bonds is 9. The molecule has 0 aromatic heterocycles. The van der Waals surface area contributed by atoms with E-state index in [9.17, 15) is 9.50 Å². The van der Waals surface area contributed by atoms with Crippen molar-refractivity contribution < 1.29 is 9.50 Å². The molecule has 0 spiro atoms. The maximum absolute atomic E-state index is 13.8. The largest absolute Gasteiger partial charge is 0.395 e. The molecule has 0 radical (unpaired) electrons. The van der Waals surface area contributed by atoms with Crippen LogP contribution in [0.25, 0.3) is 0 Å². The Hall–Kier alpha value is -1.91. The molecule has 1 atom stereocenters. The Morgan fingerprint density at radius 1 is 1.17 bits per heavy atom.